The van der Waals surface area contributed by atoms with E-state index >= 15 is 0 Å². The second-order valence-corrected chi connectivity index (χ2v) is 13.0. The Morgan fingerprint density at radius 2 is 1.14 bits per heavy atom. The number of hydrogen-bond donors (Lipinski definition) is 6. The number of nitrogens with one attached hydrogen (secondary N) is 1. The number of ether oxygens (including phenoxy) is 2. The smallest absolute Gasteiger partial charge is 0.220 e. The average Bonchev–Trinajstić information content (AvgIpc) is 3.02. The summed E-state index contributed by atoms with van der Waals surface area (Å²) < 4.78 is 11.2. The number of carbonyl (C=O) groups is 1. The van der Waals surface area contributed by atoms with Crippen LogP contribution in [0.1, 0.15) is 162 Å². The molecule has 2 unspecified atom stereocenters. The summed E-state index contributed by atoms with van der Waals surface area (Å²) in [6.07, 6.45) is 18.3. The zero-order valence-corrected chi connectivity index (χ0v) is 28.2. The standard InChI is InChI=1S/C35H69NO8/c1-3-5-7-9-11-13-15-17-19-21-23-25-31(39)36-28(27-43-35-34(42)33(41)32(40)30(26-37)44-35)29(38)24-22-20-18-16-14-12-10-8-6-4-2/h28-30,32-35,37-38,40-42H,3-27H2,1-2H3,(H,36,39)/t28-,29+,30+,32-,33?,34?,35+/m0/s1. The van der Waals surface area contributed by atoms with Gasteiger partial charge in [-0.3, -0.25) is 4.79 Å². The summed E-state index contributed by atoms with van der Waals surface area (Å²) in [6.45, 7) is 3.78. The minimum Gasteiger partial charge on any atom is -0.394 e. The molecule has 1 rings (SSSR count). The van der Waals surface area contributed by atoms with E-state index in [1.807, 2.05) is 0 Å². The van der Waals surface area contributed by atoms with E-state index in [0.29, 0.717) is 12.8 Å². The van der Waals surface area contributed by atoms with Gasteiger partial charge >= 0.3 is 0 Å². The van der Waals surface area contributed by atoms with Crippen LogP contribution < -0.4 is 5.32 Å². The Balaban J connectivity index is 2.45. The fourth-order valence-corrected chi connectivity index (χ4v) is 5.92. The molecule has 0 saturated carbocycles. The normalized spacial score (nSPS) is 23.5. The first-order valence-corrected chi connectivity index (χ1v) is 18.2. The topological polar surface area (TPSA) is 149 Å². The average molecular weight is 632 g/mol. The number of aliphatic hydroxyl groups is 5. The lowest BCUT2D eigenvalue weighted by atomic mass is 9.99. The highest BCUT2D eigenvalue weighted by Gasteiger charge is 2.44. The summed E-state index contributed by atoms with van der Waals surface area (Å²) in [5, 5.41) is 53.9. The molecule has 1 saturated heterocycles. The van der Waals surface area contributed by atoms with Crippen LogP contribution in [0.5, 0.6) is 0 Å². The van der Waals surface area contributed by atoms with Crippen LogP contribution in [0.2, 0.25) is 0 Å². The van der Waals surface area contributed by atoms with E-state index < -0.39 is 49.5 Å². The van der Waals surface area contributed by atoms with Gasteiger partial charge in [-0.15, -0.1) is 0 Å². The van der Waals surface area contributed by atoms with Crippen LogP contribution in [0.4, 0.5) is 0 Å². The molecule has 0 spiro atoms. The first kappa shape index (κ1) is 41.2. The van der Waals surface area contributed by atoms with Crippen LogP contribution in [-0.2, 0) is 14.3 Å². The van der Waals surface area contributed by atoms with E-state index in [1.165, 1.54) is 96.3 Å². The van der Waals surface area contributed by atoms with E-state index in [2.05, 4.69) is 19.2 Å². The molecule has 1 heterocycles. The van der Waals surface area contributed by atoms with Crippen molar-refractivity contribution in [1.82, 2.24) is 5.32 Å². The maximum absolute atomic E-state index is 12.8. The van der Waals surface area contributed by atoms with Crippen LogP contribution in [0.3, 0.4) is 0 Å². The van der Waals surface area contributed by atoms with Gasteiger partial charge in [0.1, 0.15) is 24.4 Å². The van der Waals surface area contributed by atoms with Gasteiger partial charge in [0, 0.05) is 6.42 Å². The van der Waals surface area contributed by atoms with Crippen molar-refractivity contribution in [3.63, 3.8) is 0 Å². The Kier molecular flexibility index (Phi) is 25.6. The van der Waals surface area contributed by atoms with Gasteiger partial charge in [-0.1, -0.05) is 142 Å². The SMILES string of the molecule is CCCCCCCCCCCCCC(=O)N[C@@H](CO[C@@H]1O[C@H](CO)[C@H](O)C(O)C1O)[C@H](O)CCCCCCCCCCCC. The van der Waals surface area contributed by atoms with Gasteiger partial charge in [-0.05, 0) is 12.8 Å². The van der Waals surface area contributed by atoms with E-state index in [4.69, 9.17) is 9.47 Å². The third-order valence-electron chi connectivity index (χ3n) is 8.96. The third-order valence-corrected chi connectivity index (χ3v) is 8.96. The predicted octanol–water partition coefficient (Wildman–Crippen LogP) is 5.66. The molecule has 0 aromatic heterocycles. The highest BCUT2D eigenvalue weighted by molar-refractivity contribution is 5.76. The second-order valence-electron chi connectivity index (χ2n) is 13.0. The molecule has 0 aliphatic carbocycles. The Morgan fingerprint density at radius 3 is 1.61 bits per heavy atom. The predicted molar refractivity (Wildman–Crippen MR) is 175 cm³/mol. The zero-order valence-electron chi connectivity index (χ0n) is 28.2. The summed E-state index contributed by atoms with van der Waals surface area (Å²) in [7, 11) is 0. The van der Waals surface area contributed by atoms with Crippen LogP contribution in [-0.4, -0.2) is 87.5 Å². The molecule has 0 radical (unpaired) electrons. The Labute approximate surface area is 268 Å². The van der Waals surface area contributed by atoms with E-state index in [9.17, 15) is 30.3 Å². The fraction of sp³-hybridized carbons (Fsp3) is 0.971. The quantitative estimate of drug-likeness (QED) is 0.0580. The van der Waals surface area contributed by atoms with Crippen LogP contribution in [0, 0.1) is 0 Å². The van der Waals surface area contributed by atoms with Gasteiger partial charge in [-0.2, -0.15) is 0 Å². The fourth-order valence-electron chi connectivity index (χ4n) is 5.92. The summed E-state index contributed by atoms with van der Waals surface area (Å²) in [5.74, 6) is -0.148. The van der Waals surface area contributed by atoms with Crippen molar-refractivity contribution in [3.05, 3.63) is 0 Å². The summed E-state index contributed by atoms with van der Waals surface area (Å²) in [6, 6.07) is -0.707. The van der Waals surface area contributed by atoms with Gasteiger partial charge in [-0.25, -0.2) is 0 Å². The van der Waals surface area contributed by atoms with Gasteiger partial charge in [0.15, 0.2) is 6.29 Å². The maximum Gasteiger partial charge on any atom is 0.220 e. The molecule has 7 atom stereocenters. The minimum absolute atomic E-state index is 0.133. The second kappa shape index (κ2) is 27.3. The van der Waals surface area contributed by atoms with Crippen molar-refractivity contribution in [2.75, 3.05) is 13.2 Å². The monoisotopic (exact) mass is 632 g/mol. The number of unbranched alkanes of at least 4 members (excludes halogenated alkanes) is 19. The lowest BCUT2D eigenvalue weighted by molar-refractivity contribution is -0.302. The Morgan fingerprint density at radius 1 is 0.682 bits per heavy atom. The van der Waals surface area contributed by atoms with E-state index in [0.717, 1.165) is 38.5 Å². The summed E-state index contributed by atoms with van der Waals surface area (Å²) >= 11 is 0. The van der Waals surface area contributed by atoms with Crippen molar-refractivity contribution < 1.29 is 39.8 Å². The Hall–Kier alpha value is -0.810. The number of amides is 1. The van der Waals surface area contributed by atoms with Crippen LogP contribution in [0.15, 0.2) is 0 Å². The molecule has 1 aliphatic rings. The molecule has 44 heavy (non-hydrogen) atoms. The number of rotatable bonds is 29. The lowest BCUT2D eigenvalue weighted by Gasteiger charge is -2.40. The highest BCUT2D eigenvalue weighted by Crippen LogP contribution is 2.23. The molecular formula is C35H69NO8. The molecule has 0 aromatic rings. The highest BCUT2D eigenvalue weighted by atomic mass is 16.7. The van der Waals surface area contributed by atoms with E-state index in [-0.39, 0.29) is 12.5 Å². The van der Waals surface area contributed by atoms with Crippen molar-refractivity contribution in [2.24, 2.45) is 0 Å². The summed E-state index contributed by atoms with van der Waals surface area (Å²) in [5.41, 5.74) is 0. The third kappa shape index (κ3) is 19.0. The molecule has 0 bridgehead atoms. The van der Waals surface area contributed by atoms with Crippen LogP contribution >= 0.6 is 0 Å². The summed E-state index contributed by atoms with van der Waals surface area (Å²) in [4.78, 5) is 12.8. The molecule has 0 aromatic carbocycles. The molecule has 9 heteroatoms. The molecule has 1 aliphatic heterocycles. The molecule has 1 fully saturated rings. The minimum atomic E-state index is -1.54. The van der Waals surface area contributed by atoms with Crippen molar-refractivity contribution in [3.8, 4) is 0 Å². The Bertz CT molecular complexity index is 667. The van der Waals surface area contributed by atoms with Crippen molar-refractivity contribution >= 4 is 5.91 Å². The molecule has 262 valence electrons. The number of carbonyl (C=O) groups excluding carboxylic acids is 1. The largest absolute Gasteiger partial charge is 0.394 e. The maximum atomic E-state index is 12.8. The molecular weight excluding hydrogens is 562 g/mol. The molecule has 6 N–H and O–H groups in total. The van der Waals surface area contributed by atoms with Gasteiger partial charge in [0.2, 0.25) is 5.91 Å². The lowest BCUT2D eigenvalue weighted by Crippen LogP contribution is -2.60. The van der Waals surface area contributed by atoms with Gasteiger partial charge < -0.3 is 40.3 Å². The first-order valence-electron chi connectivity index (χ1n) is 18.2. The molecule has 9 nitrogen and oxygen atoms in total. The number of hydrogen-bond acceptors (Lipinski definition) is 8. The first-order chi connectivity index (χ1) is 21.3. The van der Waals surface area contributed by atoms with Crippen molar-refractivity contribution in [2.45, 2.75) is 204 Å². The molecule has 1 amide bonds. The van der Waals surface area contributed by atoms with Gasteiger partial charge in [0.25, 0.3) is 0 Å². The van der Waals surface area contributed by atoms with E-state index in [1.54, 1.807) is 0 Å². The zero-order chi connectivity index (χ0) is 32.4. The van der Waals surface area contributed by atoms with Crippen LogP contribution in [0.25, 0.3) is 0 Å². The van der Waals surface area contributed by atoms with Gasteiger partial charge in [0.05, 0.1) is 25.4 Å². The number of aliphatic hydroxyl groups excluding tert-OH is 5. The van der Waals surface area contributed by atoms with Crippen molar-refractivity contribution in [1.29, 1.82) is 0 Å².